The SMILES string of the molecule is COc1ccc(C=Cn2nc3ccc(N)cc3n2)cc1. The van der Waals surface area contributed by atoms with Crippen molar-refractivity contribution in [1.82, 2.24) is 15.0 Å². The Kier molecular flexibility index (Phi) is 3.09. The molecule has 0 atom stereocenters. The Morgan fingerprint density at radius 2 is 1.80 bits per heavy atom. The van der Waals surface area contributed by atoms with Gasteiger partial charge in [-0.15, -0.1) is 10.2 Å². The number of aromatic nitrogens is 3. The third-order valence-electron chi connectivity index (χ3n) is 2.94. The normalized spacial score (nSPS) is 11.2. The lowest BCUT2D eigenvalue weighted by atomic mass is 10.2. The summed E-state index contributed by atoms with van der Waals surface area (Å²) in [5.41, 5.74) is 9.05. The molecule has 0 spiro atoms. The highest BCUT2D eigenvalue weighted by molar-refractivity contribution is 5.78. The van der Waals surface area contributed by atoms with Crippen molar-refractivity contribution in [3.8, 4) is 5.75 Å². The average Bonchev–Trinajstić information content (AvgIpc) is 2.87. The zero-order valence-electron chi connectivity index (χ0n) is 11.0. The van der Waals surface area contributed by atoms with Crippen LogP contribution in [0.2, 0.25) is 0 Å². The topological polar surface area (TPSA) is 66.0 Å². The van der Waals surface area contributed by atoms with Gasteiger partial charge in [0, 0.05) is 5.69 Å². The van der Waals surface area contributed by atoms with E-state index in [1.54, 1.807) is 19.4 Å². The third kappa shape index (κ3) is 2.47. The highest BCUT2D eigenvalue weighted by atomic mass is 16.5. The van der Waals surface area contributed by atoms with Gasteiger partial charge in [-0.05, 0) is 42.0 Å². The summed E-state index contributed by atoms with van der Waals surface area (Å²) in [4.78, 5) is 1.54. The Balaban J connectivity index is 1.85. The molecule has 2 aromatic carbocycles. The van der Waals surface area contributed by atoms with Crippen molar-refractivity contribution in [3.63, 3.8) is 0 Å². The minimum atomic E-state index is 0.684. The van der Waals surface area contributed by atoms with E-state index in [2.05, 4.69) is 10.2 Å². The molecule has 0 aliphatic heterocycles. The van der Waals surface area contributed by atoms with E-state index < -0.39 is 0 Å². The van der Waals surface area contributed by atoms with E-state index in [-0.39, 0.29) is 0 Å². The predicted molar refractivity (Wildman–Crippen MR) is 80.2 cm³/mol. The fourth-order valence-corrected chi connectivity index (χ4v) is 1.88. The number of nitrogens with two attached hydrogens (primary N) is 1. The van der Waals surface area contributed by atoms with Gasteiger partial charge in [0.1, 0.15) is 16.8 Å². The lowest BCUT2D eigenvalue weighted by Crippen LogP contribution is -1.90. The minimum Gasteiger partial charge on any atom is -0.497 e. The highest BCUT2D eigenvalue weighted by Crippen LogP contribution is 2.14. The summed E-state index contributed by atoms with van der Waals surface area (Å²) in [6, 6.07) is 13.2. The van der Waals surface area contributed by atoms with Crippen molar-refractivity contribution < 1.29 is 4.74 Å². The maximum atomic E-state index is 5.72. The van der Waals surface area contributed by atoms with Gasteiger partial charge in [0.05, 0.1) is 13.3 Å². The van der Waals surface area contributed by atoms with E-state index in [4.69, 9.17) is 10.5 Å². The van der Waals surface area contributed by atoms with Crippen LogP contribution in [0.5, 0.6) is 5.75 Å². The van der Waals surface area contributed by atoms with Crippen LogP contribution in [0.15, 0.2) is 42.5 Å². The molecular weight excluding hydrogens is 252 g/mol. The number of rotatable bonds is 3. The molecule has 2 N–H and O–H groups in total. The van der Waals surface area contributed by atoms with Gasteiger partial charge in [-0.1, -0.05) is 12.1 Å². The second kappa shape index (κ2) is 5.05. The van der Waals surface area contributed by atoms with Gasteiger partial charge in [-0.25, -0.2) is 0 Å². The smallest absolute Gasteiger partial charge is 0.118 e. The van der Waals surface area contributed by atoms with E-state index in [9.17, 15) is 0 Å². The maximum Gasteiger partial charge on any atom is 0.118 e. The van der Waals surface area contributed by atoms with Crippen molar-refractivity contribution in [2.24, 2.45) is 0 Å². The molecule has 1 aromatic heterocycles. The Morgan fingerprint density at radius 3 is 2.55 bits per heavy atom. The molecule has 0 saturated carbocycles. The summed E-state index contributed by atoms with van der Waals surface area (Å²) >= 11 is 0. The molecule has 0 bridgehead atoms. The van der Waals surface area contributed by atoms with Crippen LogP contribution < -0.4 is 10.5 Å². The van der Waals surface area contributed by atoms with Crippen LogP contribution in [0.3, 0.4) is 0 Å². The van der Waals surface area contributed by atoms with Crippen LogP contribution in [0.4, 0.5) is 5.69 Å². The first-order valence-electron chi connectivity index (χ1n) is 6.19. The van der Waals surface area contributed by atoms with Crippen molar-refractivity contribution in [3.05, 3.63) is 48.0 Å². The molecule has 0 unspecified atom stereocenters. The summed E-state index contributed by atoms with van der Waals surface area (Å²) in [5.74, 6) is 0.834. The molecule has 0 aliphatic carbocycles. The summed E-state index contributed by atoms with van der Waals surface area (Å²) in [6.07, 6.45) is 3.74. The monoisotopic (exact) mass is 266 g/mol. The van der Waals surface area contributed by atoms with Crippen LogP contribution in [-0.4, -0.2) is 22.1 Å². The quantitative estimate of drug-likeness (QED) is 0.740. The zero-order valence-corrected chi connectivity index (χ0v) is 11.0. The first-order chi connectivity index (χ1) is 9.74. The molecule has 0 amide bonds. The van der Waals surface area contributed by atoms with Crippen molar-refractivity contribution in [1.29, 1.82) is 0 Å². The van der Waals surface area contributed by atoms with Gasteiger partial charge < -0.3 is 10.5 Å². The third-order valence-corrected chi connectivity index (χ3v) is 2.94. The summed E-state index contributed by atoms with van der Waals surface area (Å²) in [5, 5.41) is 8.68. The molecule has 0 radical (unpaired) electrons. The molecule has 3 aromatic rings. The number of anilines is 1. The second-order valence-corrected chi connectivity index (χ2v) is 4.36. The number of benzene rings is 2. The first-order valence-corrected chi connectivity index (χ1v) is 6.19. The van der Waals surface area contributed by atoms with Crippen LogP contribution in [-0.2, 0) is 0 Å². The zero-order chi connectivity index (χ0) is 13.9. The summed E-state index contributed by atoms with van der Waals surface area (Å²) in [6.45, 7) is 0. The van der Waals surface area contributed by atoms with E-state index in [0.29, 0.717) is 5.69 Å². The largest absolute Gasteiger partial charge is 0.497 e. The fourth-order valence-electron chi connectivity index (χ4n) is 1.88. The van der Waals surface area contributed by atoms with Gasteiger partial charge >= 0.3 is 0 Å². The molecule has 0 saturated heterocycles. The van der Waals surface area contributed by atoms with Gasteiger partial charge in [-0.3, -0.25) is 0 Å². The van der Waals surface area contributed by atoms with Crippen LogP contribution in [0.1, 0.15) is 5.56 Å². The van der Waals surface area contributed by atoms with Gasteiger partial charge in [-0.2, -0.15) is 4.80 Å². The Morgan fingerprint density at radius 1 is 1.05 bits per heavy atom. The highest BCUT2D eigenvalue weighted by Gasteiger charge is 2.00. The van der Waals surface area contributed by atoms with Crippen LogP contribution in [0, 0.1) is 0 Å². The molecule has 1 heterocycles. The fraction of sp³-hybridized carbons (Fsp3) is 0.0667. The second-order valence-electron chi connectivity index (χ2n) is 4.36. The maximum absolute atomic E-state index is 5.72. The van der Waals surface area contributed by atoms with Crippen molar-refractivity contribution in [2.45, 2.75) is 0 Å². The van der Waals surface area contributed by atoms with E-state index in [1.807, 2.05) is 42.5 Å². The molecule has 20 heavy (non-hydrogen) atoms. The summed E-state index contributed by atoms with van der Waals surface area (Å²) < 4.78 is 5.12. The van der Waals surface area contributed by atoms with E-state index in [0.717, 1.165) is 22.3 Å². The number of fused-ring (bicyclic) bond motifs is 1. The molecule has 100 valence electrons. The standard InChI is InChI=1S/C15H14N4O/c1-20-13-5-2-11(3-6-13)8-9-19-17-14-7-4-12(16)10-15(14)18-19/h2-10H,16H2,1H3. The van der Waals surface area contributed by atoms with Crippen LogP contribution >= 0.6 is 0 Å². The number of hydrogen-bond acceptors (Lipinski definition) is 4. The molecule has 5 nitrogen and oxygen atoms in total. The minimum absolute atomic E-state index is 0.684. The molecule has 0 aliphatic rings. The first kappa shape index (κ1) is 12.2. The summed E-state index contributed by atoms with van der Waals surface area (Å²) in [7, 11) is 1.65. The van der Waals surface area contributed by atoms with Crippen molar-refractivity contribution in [2.75, 3.05) is 12.8 Å². The Bertz CT molecular complexity index is 759. The van der Waals surface area contributed by atoms with Gasteiger partial charge in [0.2, 0.25) is 0 Å². The number of methoxy groups -OCH3 is 1. The number of nitrogens with zero attached hydrogens (tertiary/aromatic N) is 3. The predicted octanol–water partition coefficient (Wildman–Crippen LogP) is 2.65. The van der Waals surface area contributed by atoms with Gasteiger partial charge in [0.15, 0.2) is 0 Å². The van der Waals surface area contributed by atoms with Gasteiger partial charge in [0.25, 0.3) is 0 Å². The molecule has 3 rings (SSSR count). The average molecular weight is 266 g/mol. The number of hydrogen-bond donors (Lipinski definition) is 1. The lowest BCUT2D eigenvalue weighted by Gasteiger charge is -1.98. The Hall–Kier alpha value is -2.82. The number of ether oxygens (including phenoxy) is 1. The van der Waals surface area contributed by atoms with E-state index >= 15 is 0 Å². The van der Waals surface area contributed by atoms with Crippen LogP contribution in [0.25, 0.3) is 23.3 Å². The molecule has 0 fully saturated rings. The van der Waals surface area contributed by atoms with Crippen molar-refractivity contribution >= 4 is 29.0 Å². The number of nitrogen functional groups attached to an aromatic ring is 1. The Labute approximate surface area is 116 Å². The lowest BCUT2D eigenvalue weighted by molar-refractivity contribution is 0.415. The molecule has 5 heteroatoms. The van der Waals surface area contributed by atoms with E-state index in [1.165, 1.54) is 4.80 Å². The molecular formula is C15H14N4O.